The number of rotatable bonds is 9. The Morgan fingerprint density at radius 3 is 1.59 bits per heavy atom. The van der Waals surface area contributed by atoms with Gasteiger partial charge >= 0.3 is 0 Å². The molecule has 0 atom stereocenters. The van der Waals surface area contributed by atoms with E-state index in [4.69, 9.17) is 0 Å². The lowest BCUT2D eigenvalue weighted by molar-refractivity contribution is 0.439. The highest BCUT2D eigenvalue weighted by molar-refractivity contribution is 5.57. The number of hydrogen-bond acceptors (Lipinski definition) is 5. The molecule has 1 saturated carbocycles. The number of phenols is 5. The average molecular weight is 657 g/mol. The van der Waals surface area contributed by atoms with Crippen LogP contribution in [-0.4, -0.2) is 25.5 Å². The quantitative estimate of drug-likeness (QED) is 0.109. The van der Waals surface area contributed by atoms with Crippen molar-refractivity contribution in [3.63, 3.8) is 0 Å². The molecule has 1 aliphatic carbocycles. The summed E-state index contributed by atoms with van der Waals surface area (Å²) in [6, 6.07) is 22.8. The Bertz CT molecular complexity index is 1980. The van der Waals surface area contributed by atoms with Gasteiger partial charge in [-0.15, -0.1) is 0 Å². The van der Waals surface area contributed by atoms with E-state index in [0.29, 0.717) is 31.6 Å². The van der Waals surface area contributed by atoms with E-state index in [9.17, 15) is 25.5 Å². The molecule has 5 heteroatoms. The predicted octanol–water partition coefficient (Wildman–Crippen LogP) is 9.86. The van der Waals surface area contributed by atoms with Crippen LogP contribution in [0, 0.1) is 27.7 Å². The second-order valence-electron chi connectivity index (χ2n) is 14.1. The van der Waals surface area contributed by atoms with E-state index in [-0.39, 0.29) is 28.7 Å². The zero-order chi connectivity index (χ0) is 34.8. The highest BCUT2D eigenvalue weighted by Gasteiger charge is 2.23. The standard InChI is InChI=1S/C44H48O5/c1-26-18-33(28(3)39(42(26)47)20-30-14-16-38(45)17-15-30)21-36-23-35(31-10-6-5-7-11-31)24-37(44(36)49)22-34-19-27(2)43(48)40(29(34)4)25-32-12-8-9-13-41(32)46/h8-9,12-19,23-24,31,45-49H,5-7,10-11,20-22,25H2,1-4H3. The van der Waals surface area contributed by atoms with Crippen molar-refractivity contribution in [3.8, 4) is 28.7 Å². The van der Waals surface area contributed by atoms with Gasteiger partial charge in [0.15, 0.2) is 0 Å². The summed E-state index contributed by atoms with van der Waals surface area (Å²) in [4.78, 5) is 0. The van der Waals surface area contributed by atoms with Gasteiger partial charge in [0.05, 0.1) is 0 Å². The second-order valence-corrected chi connectivity index (χ2v) is 14.1. The van der Waals surface area contributed by atoms with Gasteiger partial charge in [0, 0.05) is 36.8 Å². The maximum atomic E-state index is 12.0. The molecule has 5 aromatic rings. The van der Waals surface area contributed by atoms with Crippen LogP contribution in [0.15, 0.2) is 72.8 Å². The van der Waals surface area contributed by atoms with Crippen LogP contribution in [-0.2, 0) is 25.7 Å². The van der Waals surface area contributed by atoms with Gasteiger partial charge < -0.3 is 25.5 Å². The van der Waals surface area contributed by atoms with Gasteiger partial charge in [-0.25, -0.2) is 0 Å². The van der Waals surface area contributed by atoms with Gasteiger partial charge in [-0.2, -0.15) is 0 Å². The summed E-state index contributed by atoms with van der Waals surface area (Å²) in [6.45, 7) is 7.89. The molecular formula is C44H48O5. The molecule has 0 spiro atoms. The van der Waals surface area contributed by atoms with Crippen LogP contribution >= 0.6 is 0 Å². The summed E-state index contributed by atoms with van der Waals surface area (Å²) in [7, 11) is 0. The molecule has 49 heavy (non-hydrogen) atoms. The Kier molecular flexibility index (Phi) is 9.91. The first-order valence-electron chi connectivity index (χ1n) is 17.5. The fourth-order valence-corrected chi connectivity index (χ4v) is 7.70. The molecule has 1 fully saturated rings. The maximum Gasteiger partial charge on any atom is 0.122 e. The van der Waals surface area contributed by atoms with Crippen LogP contribution in [0.4, 0.5) is 0 Å². The summed E-state index contributed by atoms with van der Waals surface area (Å²) >= 11 is 0. The van der Waals surface area contributed by atoms with Crippen molar-refractivity contribution >= 4 is 0 Å². The van der Waals surface area contributed by atoms with Crippen molar-refractivity contribution in [1.82, 2.24) is 0 Å². The molecule has 0 amide bonds. The molecule has 0 aromatic heterocycles. The van der Waals surface area contributed by atoms with Crippen molar-refractivity contribution in [3.05, 3.63) is 145 Å². The summed E-state index contributed by atoms with van der Waals surface area (Å²) < 4.78 is 0. The van der Waals surface area contributed by atoms with E-state index < -0.39 is 0 Å². The van der Waals surface area contributed by atoms with Crippen LogP contribution in [0.1, 0.15) is 110 Å². The van der Waals surface area contributed by atoms with Crippen LogP contribution < -0.4 is 0 Å². The molecular weight excluding hydrogens is 608 g/mol. The number of aromatic hydroxyl groups is 5. The first-order valence-corrected chi connectivity index (χ1v) is 17.5. The fourth-order valence-electron chi connectivity index (χ4n) is 7.70. The lowest BCUT2D eigenvalue weighted by atomic mass is 9.81. The smallest absolute Gasteiger partial charge is 0.122 e. The first-order chi connectivity index (χ1) is 23.5. The number of aryl methyl sites for hydroxylation is 2. The van der Waals surface area contributed by atoms with Gasteiger partial charge in [-0.3, -0.25) is 0 Å². The van der Waals surface area contributed by atoms with Gasteiger partial charge in [-0.1, -0.05) is 73.9 Å². The third-order valence-electron chi connectivity index (χ3n) is 10.8. The van der Waals surface area contributed by atoms with E-state index in [0.717, 1.165) is 79.6 Å². The third kappa shape index (κ3) is 7.27. The minimum absolute atomic E-state index is 0.206. The number of phenolic OH excluding ortho intramolecular Hbond substituents is 5. The Hall–Kier alpha value is -4.90. The summed E-state index contributed by atoms with van der Waals surface area (Å²) in [5.74, 6) is 1.68. The summed E-state index contributed by atoms with van der Waals surface area (Å²) in [6.07, 6.45) is 7.94. The highest BCUT2D eigenvalue weighted by Crippen LogP contribution is 2.40. The zero-order valence-electron chi connectivity index (χ0n) is 29.1. The topological polar surface area (TPSA) is 101 Å². The van der Waals surface area contributed by atoms with Crippen molar-refractivity contribution in [1.29, 1.82) is 0 Å². The lowest BCUT2D eigenvalue weighted by Crippen LogP contribution is -2.08. The lowest BCUT2D eigenvalue weighted by Gasteiger charge is -2.25. The van der Waals surface area contributed by atoms with Crippen LogP contribution in [0.5, 0.6) is 28.7 Å². The molecule has 5 nitrogen and oxygen atoms in total. The number of para-hydroxylation sites is 1. The Labute approximate surface area is 290 Å². The van der Waals surface area contributed by atoms with Crippen molar-refractivity contribution in [2.24, 2.45) is 0 Å². The highest BCUT2D eigenvalue weighted by atomic mass is 16.3. The second kappa shape index (κ2) is 14.3. The maximum absolute atomic E-state index is 12.0. The molecule has 5 N–H and O–H groups in total. The molecule has 254 valence electrons. The Morgan fingerprint density at radius 1 is 0.510 bits per heavy atom. The first kappa shape index (κ1) is 34.0. The minimum Gasteiger partial charge on any atom is -0.508 e. The van der Waals surface area contributed by atoms with E-state index in [1.165, 1.54) is 24.8 Å². The molecule has 0 saturated heterocycles. The predicted molar refractivity (Wildman–Crippen MR) is 197 cm³/mol. The Balaban J connectivity index is 1.40. The third-order valence-corrected chi connectivity index (χ3v) is 10.8. The number of hydrogen-bond donors (Lipinski definition) is 5. The van der Waals surface area contributed by atoms with Gasteiger partial charge in [-0.05, 0) is 126 Å². The SMILES string of the molecule is Cc1cc(Cc2cc(C3CCCCC3)cc(Cc3cc(C)c(O)c(Cc4ccccc4O)c3C)c2O)c(C)c(Cc2ccc(O)cc2)c1O. The average Bonchev–Trinajstić information content (AvgIpc) is 3.10. The molecule has 0 bridgehead atoms. The number of benzene rings is 5. The van der Waals surface area contributed by atoms with Crippen LogP contribution in [0.25, 0.3) is 0 Å². The Morgan fingerprint density at radius 2 is 1.04 bits per heavy atom. The van der Waals surface area contributed by atoms with E-state index in [1.807, 2.05) is 64.1 Å². The van der Waals surface area contributed by atoms with E-state index >= 15 is 0 Å². The molecule has 0 unspecified atom stereocenters. The minimum atomic E-state index is 0.206. The zero-order valence-corrected chi connectivity index (χ0v) is 29.1. The van der Waals surface area contributed by atoms with Crippen LogP contribution in [0.3, 0.4) is 0 Å². The van der Waals surface area contributed by atoms with E-state index in [2.05, 4.69) is 12.1 Å². The molecule has 6 rings (SSSR count). The molecule has 0 radical (unpaired) electrons. The van der Waals surface area contributed by atoms with Crippen molar-refractivity contribution in [2.75, 3.05) is 0 Å². The monoisotopic (exact) mass is 656 g/mol. The fraction of sp³-hybridized carbons (Fsp3) is 0.318. The summed E-state index contributed by atoms with van der Waals surface area (Å²) in [5.41, 5.74) is 12.0. The van der Waals surface area contributed by atoms with Gasteiger partial charge in [0.2, 0.25) is 0 Å². The van der Waals surface area contributed by atoms with Crippen molar-refractivity contribution < 1.29 is 25.5 Å². The molecule has 0 heterocycles. The molecule has 0 aliphatic heterocycles. The van der Waals surface area contributed by atoms with E-state index in [1.54, 1.807) is 24.3 Å². The van der Waals surface area contributed by atoms with Gasteiger partial charge in [0.25, 0.3) is 0 Å². The van der Waals surface area contributed by atoms with Crippen LogP contribution in [0.2, 0.25) is 0 Å². The summed E-state index contributed by atoms with van der Waals surface area (Å²) in [5, 5.41) is 54.5. The largest absolute Gasteiger partial charge is 0.508 e. The normalized spacial score (nSPS) is 13.6. The van der Waals surface area contributed by atoms with Crippen molar-refractivity contribution in [2.45, 2.75) is 91.4 Å². The van der Waals surface area contributed by atoms with Gasteiger partial charge in [0.1, 0.15) is 28.7 Å². The molecule has 5 aromatic carbocycles. The molecule has 1 aliphatic rings.